The first kappa shape index (κ1) is 17.1. The molecule has 0 saturated carbocycles. The summed E-state index contributed by atoms with van der Waals surface area (Å²) in [6.45, 7) is 4.50. The quantitative estimate of drug-likeness (QED) is 0.866. The Morgan fingerprint density at radius 2 is 2.08 bits per heavy atom. The van der Waals surface area contributed by atoms with Gasteiger partial charge in [-0.25, -0.2) is 4.68 Å². The summed E-state index contributed by atoms with van der Waals surface area (Å²) in [6, 6.07) is 4.89. The SMILES string of the molecule is C=CC(=O)N(C)C1CNc2c(-c3ccc(C(F)(F)F)cc3)cnn2C1. The van der Waals surface area contributed by atoms with Gasteiger partial charge in [-0.2, -0.15) is 18.3 Å². The lowest BCUT2D eigenvalue weighted by Crippen LogP contribution is -2.46. The van der Waals surface area contributed by atoms with Crippen LogP contribution >= 0.6 is 0 Å². The van der Waals surface area contributed by atoms with Gasteiger partial charge in [0.1, 0.15) is 5.82 Å². The molecule has 2 aromatic rings. The van der Waals surface area contributed by atoms with Crippen LogP contribution in [0.1, 0.15) is 5.56 Å². The highest BCUT2D eigenvalue weighted by Crippen LogP contribution is 2.34. The van der Waals surface area contributed by atoms with Crippen LogP contribution < -0.4 is 5.32 Å². The molecule has 0 aliphatic carbocycles. The van der Waals surface area contributed by atoms with E-state index in [-0.39, 0.29) is 11.9 Å². The number of carbonyl (C=O) groups is 1. The fourth-order valence-electron chi connectivity index (χ4n) is 2.82. The van der Waals surface area contributed by atoms with E-state index in [0.717, 1.165) is 23.5 Å². The van der Waals surface area contributed by atoms with E-state index >= 15 is 0 Å². The van der Waals surface area contributed by atoms with Gasteiger partial charge in [0.15, 0.2) is 0 Å². The van der Waals surface area contributed by atoms with Crippen molar-refractivity contribution in [1.29, 1.82) is 0 Å². The summed E-state index contributed by atoms with van der Waals surface area (Å²) in [5.41, 5.74) is 0.690. The Labute approximate surface area is 142 Å². The van der Waals surface area contributed by atoms with Gasteiger partial charge in [0.2, 0.25) is 5.91 Å². The lowest BCUT2D eigenvalue weighted by molar-refractivity contribution is -0.137. The number of alkyl halides is 3. The number of nitrogens with zero attached hydrogens (tertiary/aromatic N) is 3. The van der Waals surface area contributed by atoms with E-state index in [0.29, 0.717) is 18.7 Å². The molecule has 0 spiro atoms. The van der Waals surface area contributed by atoms with Crippen molar-refractivity contribution < 1.29 is 18.0 Å². The Morgan fingerprint density at radius 1 is 1.40 bits per heavy atom. The number of fused-ring (bicyclic) bond motifs is 1. The highest BCUT2D eigenvalue weighted by atomic mass is 19.4. The van der Waals surface area contributed by atoms with Gasteiger partial charge in [-0.3, -0.25) is 4.79 Å². The third-order valence-electron chi connectivity index (χ3n) is 4.32. The number of carbonyl (C=O) groups excluding carboxylic acids is 1. The number of rotatable bonds is 3. The fraction of sp³-hybridized carbons (Fsp3) is 0.294. The average molecular weight is 350 g/mol. The van der Waals surface area contributed by atoms with E-state index in [9.17, 15) is 18.0 Å². The van der Waals surface area contributed by atoms with Crippen molar-refractivity contribution in [2.75, 3.05) is 18.9 Å². The van der Waals surface area contributed by atoms with Crippen molar-refractivity contribution in [3.8, 4) is 11.1 Å². The normalized spacial score (nSPS) is 16.7. The summed E-state index contributed by atoms with van der Waals surface area (Å²) < 4.78 is 39.8. The number of benzene rings is 1. The Hall–Kier alpha value is -2.77. The van der Waals surface area contributed by atoms with E-state index in [1.807, 2.05) is 0 Å². The minimum Gasteiger partial charge on any atom is -0.368 e. The Bertz CT molecular complexity index is 795. The highest BCUT2D eigenvalue weighted by molar-refractivity contribution is 5.87. The molecular formula is C17H17F3N4O. The largest absolute Gasteiger partial charge is 0.416 e. The van der Waals surface area contributed by atoms with Crippen LogP contribution in [0.2, 0.25) is 0 Å². The van der Waals surface area contributed by atoms with E-state index in [1.54, 1.807) is 22.8 Å². The van der Waals surface area contributed by atoms with Crippen LogP contribution in [0.4, 0.5) is 19.0 Å². The molecule has 1 aromatic carbocycles. The maximum absolute atomic E-state index is 12.7. The van der Waals surface area contributed by atoms with Crippen LogP contribution in [0.15, 0.2) is 43.1 Å². The molecule has 1 N–H and O–H groups in total. The second kappa shape index (κ2) is 6.27. The Kier molecular flexibility index (Phi) is 4.28. The summed E-state index contributed by atoms with van der Waals surface area (Å²) in [5, 5.41) is 7.50. The lowest BCUT2D eigenvalue weighted by Gasteiger charge is -2.32. The molecule has 0 fully saturated rings. The molecular weight excluding hydrogens is 333 g/mol. The molecule has 3 rings (SSSR count). The summed E-state index contributed by atoms with van der Waals surface area (Å²) in [6.07, 6.45) is -1.49. The first-order chi connectivity index (χ1) is 11.8. The molecule has 1 aliphatic heterocycles. The van der Waals surface area contributed by atoms with Crippen LogP contribution in [0.3, 0.4) is 0 Å². The maximum atomic E-state index is 12.7. The molecule has 0 bridgehead atoms. The monoisotopic (exact) mass is 350 g/mol. The fourth-order valence-corrected chi connectivity index (χ4v) is 2.82. The smallest absolute Gasteiger partial charge is 0.368 e. The number of likely N-dealkylation sites (N-methyl/N-ethyl adjacent to an activating group) is 1. The van der Waals surface area contributed by atoms with Gasteiger partial charge < -0.3 is 10.2 Å². The van der Waals surface area contributed by atoms with Crippen molar-refractivity contribution >= 4 is 11.7 Å². The molecule has 1 aliphatic rings. The molecule has 1 aromatic heterocycles. The van der Waals surface area contributed by atoms with Crippen molar-refractivity contribution in [3.63, 3.8) is 0 Å². The van der Waals surface area contributed by atoms with Crippen LogP contribution in [0, 0.1) is 0 Å². The Morgan fingerprint density at radius 3 is 2.68 bits per heavy atom. The lowest BCUT2D eigenvalue weighted by atomic mass is 10.1. The molecule has 0 saturated heterocycles. The number of hydrogen-bond donors (Lipinski definition) is 1. The second-order valence-electron chi connectivity index (χ2n) is 5.85. The summed E-state index contributed by atoms with van der Waals surface area (Å²) in [5.74, 6) is 0.556. The van der Waals surface area contributed by atoms with Crippen LogP contribution in [-0.2, 0) is 17.5 Å². The standard InChI is InChI=1S/C17H17F3N4O/c1-3-15(25)23(2)13-8-21-16-14(9-22-24(16)10-13)11-4-6-12(7-5-11)17(18,19)20/h3-7,9,13,21H,1,8,10H2,2H3. The van der Waals surface area contributed by atoms with Crippen molar-refractivity contribution in [2.45, 2.75) is 18.8 Å². The minimum atomic E-state index is -4.36. The third kappa shape index (κ3) is 3.24. The molecule has 5 nitrogen and oxygen atoms in total. The average Bonchev–Trinajstić information content (AvgIpc) is 3.02. The van der Waals surface area contributed by atoms with E-state index in [1.165, 1.54) is 18.2 Å². The zero-order valence-electron chi connectivity index (χ0n) is 13.5. The Balaban J connectivity index is 1.83. The minimum absolute atomic E-state index is 0.0849. The molecule has 25 heavy (non-hydrogen) atoms. The number of aromatic nitrogens is 2. The predicted molar refractivity (Wildman–Crippen MR) is 87.9 cm³/mol. The van der Waals surface area contributed by atoms with Crippen LogP contribution in [0.25, 0.3) is 11.1 Å². The topological polar surface area (TPSA) is 50.2 Å². The molecule has 1 atom stereocenters. The van der Waals surface area contributed by atoms with Gasteiger partial charge in [-0.1, -0.05) is 18.7 Å². The van der Waals surface area contributed by atoms with Gasteiger partial charge in [0.25, 0.3) is 0 Å². The van der Waals surface area contributed by atoms with Crippen LogP contribution in [0.5, 0.6) is 0 Å². The highest BCUT2D eigenvalue weighted by Gasteiger charge is 2.30. The zero-order chi connectivity index (χ0) is 18.2. The molecule has 2 heterocycles. The number of nitrogens with one attached hydrogen (secondary N) is 1. The predicted octanol–water partition coefficient (Wildman–Crippen LogP) is 3.01. The van der Waals surface area contributed by atoms with Crippen molar-refractivity contribution in [3.05, 3.63) is 48.7 Å². The van der Waals surface area contributed by atoms with E-state index < -0.39 is 11.7 Å². The number of hydrogen-bond acceptors (Lipinski definition) is 3. The molecule has 8 heteroatoms. The van der Waals surface area contributed by atoms with Crippen molar-refractivity contribution in [2.24, 2.45) is 0 Å². The maximum Gasteiger partial charge on any atom is 0.416 e. The first-order valence-corrected chi connectivity index (χ1v) is 7.68. The van der Waals surface area contributed by atoms with Gasteiger partial charge in [0.05, 0.1) is 24.3 Å². The molecule has 1 amide bonds. The number of halogens is 3. The van der Waals surface area contributed by atoms with Gasteiger partial charge in [-0.05, 0) is 23.8 Å². The van der Waals surface area contributed by atoms with Gasteiger partial charge in [0, 0.05) is 19.2 Å². The van der Waals surface area contributed by atoms with Crippen LogP contribution in [-0.4, -0.2) is 40.2 Å². The van der Waals surface area contributed by atoms with E-state index in [4.69, 9.17) is 0 Å². The molecule has 1 unspecified atom stereocenters. The molecule has 0 radical (unpaired) electrons. The second-order valence-corrected chi connectivity index (χ2v) is 5.85. The number of amides is 1. The summed E-state index contributed by atoms with van der Waals surface area (Å²) >= 11 is 0. The number of anilines is 1. The zero-order valence-corrected chi connectivity index (χ0v) is 13.5. The van der Waals surface area contributed by atoms with Gasteiger partial charge in [-0.15, -0.1) is 0 Å². The van der Waals surface area contributed by atoms with Crippen molar-refractivity contribution in [1.82, 2.24) is 14.7 Å². The van der Waals surface area contributed by atoms with Gasteiger partial charge >= 0.3 is 6.18 Å². The van der Waals surface area contributed by atoms with E-state index in [2.05, 4.69) is 17.0 Å². The third-order valence-corrected chi connectivity index (χ3v) is 4.32. The summed E-state index contributed by atoms with van der Waals surface area (Å²) in [4.78, 5) is 13.3. The molecule has 132 valence electrons. The summed E-state index contributed by atoms with van der Waals surface area (Å²) in [7, 11) is 1.70. The first-order valence-electron chi connectivity index (χ1n) is 7.68.